The van der Waals surface area contributed by atoms with Crippen molar-refractivity contribution in [1.82, 2.24) is 19.6 Å². The molecular formula is C21H22N6O. The van der Waals surface area contributed by atoms with Crippen LogP contribution in [0.15, 0.2) is 60.9 Å². The zero-order chi connectivity index (χ0) is 19.7. The number of hydrogen-bond donors (Lipinski definition) is 1. The van der Waals surface area contributed by atoms with E-state index in [-0.39, 0.29) is 12.5 Å². The highest BCUT2D eigenvalue weighted by Crippen LogP contribution is 2.31. The first-order chi connectivity index (χ1) is 13.5. The fourth-order valence-electron chi connectivity index (χ4n) is 3.30. The molecule has 142 valence electrons. The molecule has 7 nitrogen and oxygen atoms in total. The Hall–Kier alpha value is -3.61. The molecule has 0 saturated heterocycles. The predicted molar refractivity (Wildman–Crippen MR) is 111 cm³/mol. The highest BCUT2D eigenvalue weighted by atomic mass is 16.2. The second-order valence-corrected chi connectivity index (χ2v) is 6.88. The van der Waals surface area contributed by atoms with Crippen LogP contribution in [-0.2, 0) is 18.4 Å². The van der Waals surface area contributed by atoms with Gasteiger partial charge in [0.1, 0.15) is 12.4 Å². The molecular weight excluding hydrogens is 352 g/mol. The Balaban J connectivity index is 1.60. The normalized spacial score (nSPS) is 11.0. The van der Waals surface area contributed by atoms with Gasteiger partial charge in [-0.3, -0.25) is 14.2 Å². The van der Waals surface area contributed by atoms with Crippen LogP contribution >= 0.6 is 0 Å². The molecule has 0 aliphatic heterocycles. The molecule has 1 amide bonds. The molecule has 4 rings (SSSR count). The number of rotatable bonds is 5. The van der Waals surface area contributed by atoms with Gasteiger partial charge in [0, 0.05) is 43.8 Å². The lowest BCUT2D eigenvalue weighted by Gasteiger charge is -2.17. The largest absolute Gasteiger partial charge is 0.377 e. The summed E-state index contributed by atoms with van der Waals surface area (Å²) in [5.41, 5.74) is 4.36. The van der Waals surface area contributed by atoms with Gasteiger partial charge in [-0.15, -0.1) is 0 Å². The number of para-hydroxylation sites is 1. The first-order valence-electron chi connectivity index (χ1n) is 9.03. The fraction of sp³-hybridized carbons (Fsp3) is 0.190. The Morgan fingerprint density at radius 1 is 1.11 bits per heavy atom. The maximum Gasteiger partial charge on any atom is 0.247 e. The molecule has 0 bridgehead atoms. The average Bonchev–Trinajstić information content (AvgIpc) is 3.27. The number of aryl methyl sites for hydroxylation is 1. The van der Waals surface area contributed by atoms with Crippen molar-refractivity contribution < 1.29 is 4.79 Å². The van der Waals surface area contributed by atoms with E-state index < -0.39 is 0 Å². The van der Waals surface area contributed by atoms with Crippen molar-refractivity contribution in [2.45, 2.75) is 6.54 Å². The van der Waals surface area contributed by atoms with Crippen LogP contribution in [0.4, 0.5) is 11.5 Å². The third kappa shape index (κ3) is 3.34. The minimum absolute atomic E-state index is 0.141. The summed E-state index contributed by atoms with van der Waals surface area (Å²) < 4.78 is 3.33. The molecule has 0 aliphatic carbocycles. The molecule has 2 heterocycles. The van der Waals surface area contributed by atoms with Crippen molar-refractivity contribution in [3.8, 4) is 11.1 Å². The van der Waals surface area contributed by atoms with E-state index in [4.69, 9.17) is 0 Å². The molecule has 0 saturated carbocycles. The Labute approximate surface area is 163 Å². The fourth-order valence-corrected chi connectivity index (χ4v) is 3.30. The highest BCUT2D eigenvalue weighted by molar-refractivity contribution is 5.92. The molecule has 0 radical (unpaired) electrons. The average molecular weight is 374 g/mol. The Kier molecular flexibility index (Phi) is 4.57. The van der Waals surface area contributed by atoms with Crippen LogP contribution in [-0.4, -0.2) is 39.6 Å². The first kappa shape index (κ1) is 17.8. The zero-order valence-electron chi connectivity index (χ0n) is 16.1. The summed E-state index contributed by atoms with van der Waals surface area (Å²) in [5.74, 6) is 0.514. The number of nitrogens with zero attached hydrogens (tertiary/aromatic N) is 5. The van der Waals surface area contributed by atoms with Gasteiger partial charge in [0.25, 0.3) is 0 Å². The summed E-state index contributed by atoms with van der Waals surface area (Å²) in [6, 6.07) is 16.3. The minimum Gasteiger partial charge on any atom is -0.377 e. The topological polar surface area (TPSA) is 68.0 Å². The summed E-state index contributed by atoms with van der Waals surface area (Å²) >= 11 is 0. The van der Waals surface area contributed by atoms with Gasteiger partial charge >= 0.3 is 0 Å². The molecule has 28 heavy (non-hydrogen) atoms. The van der Waals surface area contributed by atoms with Crippen molar-refractivity contribution in [2.75, 3.05) is 24.3 Å². The minimum atomic E-state index is -0.143. The third-order valence-corrected chi connectivity index (χ3v) is 4.72. The lowest BCUT2D eigenvalue weighted by Crippen LogP contribution is -2.20. The number of nitrogens with one attached hydrogen (secondary N) is 1. The molecule has 4 aromatic rings. The lowest BCUT2D eigenvalue weighted by atomic mass is 10.0. The van der Waals surface area contributed by atoms with Gasteiger partial charge in [0.15, 0.2) is 0 Å². The highest BCUT2D eigenvalue weighted by Gasteiger charge is 2.12. The molecule has 0 spiro atoms. The molecule has 0 fully saturated rings. The SMILES string of the molecule is CN(C)c1ccccc1-c1ccc2c(cnn2CC(=O)Nc2ccnn2C)c1. The Bertz CT molecular complexity index is 1140. The van der Waals surface area contributed by atoms with E-state index in [0.29, 0.717) is 5.82 Å². The Morgan fingerprint density at radius 2 is 1.93 bits per heavy atom. The quantitative estimate of drug-likeness (QED) is 0.583. The van der Waals surface area contributed by atoms with Crippen LogP contribution in [0.25, 0.3) is 22.0 Å². The van der Waals surface area contributed by atoms with Gasteiger partial charge in [-0.05, 0) is 23.8 Å². The van der Waals surface area contributed by atoms with Crippen LogP contribution in [0.3, 0.4) is 0 Å². The smallest absolute Gasteiger partial charge is 0.247 e. The van der Waals surface area contributed by atoms with E-state index in [2.05, 4.69) is 44.7 Å². The monoisotopic (exact) mass is 374 g/mol. The standard InChI is InChI=1S/C21H22N6O/c1-25(2)19-7-5-4-6-17(19)15-8-9-18-16(12-15)13-23-27(18)14-21(28)24-20-10-11-22-26(20)3/h4-13H,14H2,1-3H3,(H,24,28). The van der Waals surface area contributed by atoms with E-state index in [9.17, 15) is 4.79 Å². The number of anilines is 2. The number of amides is 1. The van der Waals surface area contributed by atoms with Gasteiger partial charge < -0.3 is 10.2 Å². The van der Waals surface area contributed by atoms with Crippen molar-refractivity contribution in [1.29, 1.82) is 0 Å². The number of fused-ring (bicyclic) bond motifs is 1. The van der Waals surface area contributed by atoms with Crippen LogP contribution in [0.1, 0.15) is 0 Å². The van der Waals surface area contributed by atoms with Crippen molar-refractivity contribution >= 4 is 28.3 Å². The second kappa shape index (κ2) is 7.19. The van der Waals surface area contributed by atoms with Gasteiger partial charge in [-0.25, -0.2) is 0 Å². The number of carbonyl (C=O) groups is 1. The van der Waals surface area contributed by atoms with E-state index in [1.807, 2.05) is 32.3 Å². The molecule has 7 heteroatoms. The van der Waals surface area contributed by atoms with Gasteiger partial charge in [-0.1, -0.05) is 24.3 Å². The summed E-state index contributed by atoms with van der Waals surface area (Å²) in [5, 5.41) is 12.3. The number of carbonyl (C=O) groups excluding carboxylic acids is 1. The van der Waals surface area contributed by atoms with Crippen LogP contribution < -0.4 is 10.2 Å². The summed E-state index contributed by atoms with van der Waals surface area (Å²) in [6.45, 7) is 0.141. The number of aromatic nitrogens is 4. The van der Waals surface area contributed by atoms with Crippen LogP contribution in [0.5, 0.6) is 0 Å². The van der Waals surface area contributed by atoms with E-state index in [1.54, 1.807) is 34.9 Å². The number of hydrogen-bond acceptors (Lipinski definition) is 4. The molecule has 2 aromatic carbocycles. The number of benzene rings is 2. The molecule has 0 atom stereocenters. The Morgan fingerprint density at radius 3 is 2.68 bits per heavy atom. The van der Waals surface area contributed by atoms with Crippen molar-refractivity contribution in [3.05, 3.63) is 60.9 Å². The van der Waals surface area contributed by atoms with Gasteiger partial charge in [-0.2, -0.15) is 10.2 Å². The molecule has 1 N–H and O–H groups in total. The maximum atomic E-state index is 12.4. The zero-order valence-corrected chi connectivity index (χ0v) is 16.1. The lowest BCUT2D eigenvalue weighted by molar-refractivity contribution is -0.116. The molecule has 0 aliphatic rings. The van der Waals surface area contributed by atoms with Crippen LogP contribution in [0.2, 0.25) is 0 Å². The van der Waals surface area contributed by atoms with Gasteiger partial charge in [0.2, 0.25) is 5.91 Å². The molecule has 2 aromatic heterocycles. The molecule has 0 unspecified atom stereocenters. The second-order valence-electron chi connectivity index (χ2n) is 6.88. The maximum absolute atomic E-state index is 12.4. The third-order valence-electron chi connectivity index (χ3n) is 4.72. The van der Waals surface area contributed by atoms with E-state index >= 15 is 0 Å². The first-order valence-corrected chi connectivity index (χ1v) is 9.03. The summed E-state index contributed by atoms with van der Waals surface area (Å²) in [6.07, 6.45) is 3.44. The van der Waals surface area contributed by atoms with E-state index in [0.717, 1.165) is 27.7 Å². The predicted octanol–water partition coefficient (Wildman–Crippen LogP) is 3.14. The van der Waals surface area contributed by atoms with Crippen molar-refractivity contribution in [3.63, 3.8) is 0 Å². The van der Waals surface area contributed by atoms with Crippen LogP contribution in [0, 0.1) is 0 Å². The summed E-state index contributed by atoms with van der Waals surface area (Å²) in [7, 11) is 5.86. The van der Waals surface area contributed by atoms with E-state index in [1.165, 1.54) is 0 Å². The summed E-state index contributed by atoms with van der Waals surface area (Å²) in [4.78, 5) is 14.5. The van der Waals surface area contributed by atoms with Crippen molar-refractivity contribution in [2.24, 2.45) is 7.05 Å². The van der Waals surface area contributed by atoms with Gasteiger partial charge in [0.05, 0.1) is 17.9 Å².